The van der Waals surface area contributed by atoms with E-state index in [-0.39, 0.29) is 0 Å². The lowest BCUT2D eigenvalue weighted by molar-refractivity contribution is 0.415. The summed E-state index contributed by atoms with van der Waals surface area (Å²) in [6.07, 6.45) is 0. The topological polar surface area (TPSA) is 27.1 Å². The van der Waals surface area contributed by atoms with Gasteiger partial charge in [0.2, 0.25) is 0 Å². The second-order valence-corrected chi connectivity index (χ2v) is 3.53. The Morgan fingerprint density at radius 3 is 2.67 bits per heavy atom. The van der Waals surface area contributed by atoms with Crippen molar-refractivity contribution >= 4 is 0 Å². The first-order valence-corrected chi connectivity index (χ1v) is 4.86. The molecule has 15 heavy (non-hydrogen) atoms. The molecule has 0 fully saturated rings. The molecule has 0 spiro atoms. The minimum Gasteiger partial charge on any atom is -0.497 e. The molecule has 1 heterocycles. The smallest absolute Gasteiger partial charge is 0.119 e. The van der Waals surface area contributed by atoms with Crippen molar-refractivity contribution in [1.29, 1.82) is 0 Å². The van der Waals surface area contributed by atoms with Gasteiger partial charge in [0.15, 0.2) is 0 Å². The summed E-state index contributed by atoms with van der Waals surface area (Å²) in [7, 11) is 3.62. The Morgan fingerprint density at radius 1 is 1.27 bits per heavy atom. The third kappa shape index (κ3) is 1.86. The van der Waals surface area contributed by atoms with Gasteiger partial charge >= 0.3 is 0 Å². The Bertz CT molecular complexity index is 474. The fraction of sp³-hybridized carbons (Fsp3) is 0.250. The van der Waals surface area contributed by atoms with E-state index in [1.807, 2.05) is 36.9 Å². The molecular formula is C12H14N2O. The van der Waals surface area contributed by atoms with E-state index in [1.165, 1.54) is 0 Å². The van der Waals surface area contributed by atoms with Crippen molar-refractivity contribution in [3.05, 3.63) is 36.0 Å². The van der Waals surface area contributed by atoms with Crippen LogP contribution in [0, 0.1) is 6.92 Å². The van der Waals surface area contributed by atoms with Gasteiger partial charge in [0.05, 0.1) is 18.5 Å². The first-order chi connectivity index (χ1) is 7.20. The summed E-state index contributed by atoms with van der Waals surface area (Å²) in [4.78, 5) is 0. The summed E-state index contributed by atoms with van der Waals surface area (Å²) in [6.45, 7) is 1.99. The predicted molar refractivity (Wildman–Crippen MR) is 59.9 cm³/mol. The highest BCUT2D eigenvalue weighted by Crippen LogP contribution is 2.23. The third-order valence-electron chi connectivity index (χ3n) is 2.37. The van der Waals surface area contributed by atoms with Gasteiger partial charge in [0.25, 0.3) is 0 Å². The average molecular weight is 202 g/mol. The molecule has 0 aliphatic carbocycles. The molecule has 0 unspecified atom stereocenters. The van der Waals surface area contributed by atoms with E-state index in [0.717, 1.165) is 22.7 Å². The minimum atomic E-state index is 0.867. The second-order valence-electron chi connectivity index (χ2n) is 3.53. The van der Waals surface area contributed by atoms with Crippen LogP contribution in [0.4, 0.5) is 0 Å². The van der Waals surface area contributed by atoms with Gasteiger partial charge in [-0.2, -0.15) is 5.10 Å². The van der Waals surface area contributed by atoms with Gasteiger partial charge in [0.1, 0.15) is 5.75 Å². The fourth-order valence-corrected chi connectivity index (χ4v) is 1.66. The number of hydrogen-bond donors (Lipinski definition) is 0. The summed E-state index contributed by atoms with van der Waals surface area (Å²) in [5.74, 6) is 0.867. The number of aromatic nitrogens is 2. The highest BCUT2D eigenvalue weighted by molar-refractivity contribution is 5.61. The molecule has 1 aromatic heterocycles. The zero-order valence-electron chi connectivity index (χ0n) is 9.19. The van der Waals surface area contributed by atoms with Crippen LogP contribution >= 0.6 is 0 Å². The maximum absolute atomic E-state index is 5.19. The number of rotatable bonds is 2. The maximum atomic E-state index is 5.19. The molecule has 0 saturated carbocycles. The van der Waals surface area contributed by atoms with Crippen LogP contribution in [-0.2, 0) is 7.05 Å². The molecule has 0 N–H and O–H groups in total. The van der Waals surface area contributed by atoms with Crippen molar-refractivity contribution in [3.63, 3.8) is 0 Å². The van der Waals surface area contributed by atoms with Crippen molar-refractivity contribution in [2.45, 2.75) is 6.92 Å². The molecule has 0 amide bonds. The molecular weight excluding hydrogens is 188 g/mol. The Kier molecular flexibility index (Phi) is 2.46. The monoisotopic (exact) mass is 202 g/mol. The number of nitrogens with zero attached hydrogens (tertiary/aromatic N) is 2. The fourth-order valence-electron chi connectivity index (χ4n) is 1.66. The Hall–Kier alpha value is -1.77. The van der Waals surface area contributed by atoms with E-state index in [1.54, 1.807) is 7.11 Å². The molecule has 78 valence electrons. The molecule has 3 nitrogen and oxygen atoms in total. The van der Waals surface area contributed by atoms with Crippen molar-refractivity contribution < 1.29 is 4.74 Å². The van der Waals surface area contributed by atoms with Crippen LogP contribution in [0.2, 0.25) is 0 Å². The lowest BCUT2D eigenvalue weighted by Gasteiger charge is -2.04. The summed E-state index contributed by atoms with van der Waals surface area (Å²) >= 11 is 0. The van der Waals surface area contributed by atoms with Crippen LogP contribution in [0.5, 0.6) is 5.75 Å². The van der Waals surface area contributed by atoms with E-state index in [0.29, 0.717) is 0 Å². The number of hydrogen-bond acceptors (Lipinski definition) is 2. The predicted octanol–water partition coefficient (Wildman–Crippen LogP) is 2.40. The molecule has 0 atom stereocenters. The summed E-state index contributed by atoms with van der Waals surface area (Å²) < 4.78 is 7.07. The van der Waals surface area contributed by atoms with Crippen LogP contribution < -0.4 is 4.74 Å². The average Bonchev–Trinajstić information content (AvgIpc) is 2.58. The summed E-state index contributed by atoms with van der Waals surface area (Å²) in [5, 5.41) is 4.32. The van der Waals surface area contributed by atoms with Crippen molar-refractivity contribution in [2.75, 3.05) is 7.11 Å². The molecule has 0 bridgehead atoms. The lowest BCUT2D eigenvalue weighted by atomic mass is 10.1. The zero-order chi connectivity index (χ0) is 10.8. The first-order valence-electron chi connectivity index (χ1n) is 4.86. The highest BCUT2D eigenvalue weighted by Gasteiger charge is 2.05. The highest BCUT2D eigenvalue weighted by atomic mass is 16.5. The number of ether oxygens (including phenoxy) is 1. The van der Waals surface area contributed by atoms with Crippen LogP contribution in [0.3, 0.4) is 0 Å². The van der Waals surface area contributed by atoms with Gasteiger partial charge in [-0.25, -0.2) is 0 Å². The van der Waals surface area contributed by atoms with Gasteiger partial charge < -0.3 is 4.74 Å². The van der Waals surface area contributed by atoms with E-state index in [4.69, 9.17) is 4.74 Å². The Labute approximate surface area is 89.3 Å². The maximum Gasteiger partial charge on any atom is 0.119 e. The summed E-state index contributed by atoms with van der Waals surface area (Å²) in [6, 6.07) is 10.0. The van der Waals surface area contributed by atoms with E-state index in [9.17, 15) is 0 Å². The number of aryl methyl sites for hydroxylation is 2. The third-order valence-corrected chi connectivity index (χ3v) is 2.37. The normalized spacial score (nSPS) is 10.3. The minimum absolute atomic E-state index is 0.867. The van der Waals surface area contributed by atoms with Gasteiger partial charge in [-0.3, -0.25) is 4.68 Å². The van der Waals surface area contributed by atoms with Crippen LogP contribution in [0.25, 0.3) is 11.3 Å². The molecule has 2 aromatic rings. The molecule has 2 rings (SSSR count). The van der Waals surface area contributed by atoms with E-state index in [2.05, 4.69) is 17.2 Å². The largest absolute Gasteiger partial charge is 0.497 e. The van der Waals surface area contributed by atoms with Gasteiger partial charge in [-0.05, 0) is 25.1 Å². The Balaban J connectivity index is 2.49. The molecule has 0 saturated heterocycles. The van der Waals surface area contributed by atoms with E-state index < -0.39 is 0 Å². The van der Waals surface area contributed by atoms with E-state index >= 15 is 0 Å². The number of benzene rings is 1. The van der Waals surface area contributed by atoms with Crippen LogP contribution in [0.15, 0.2) is 30.3 Å². The summed E-state index contributed by atoms with van der Waals surface area (Å²) in [5.41, 5.74) is 3.25. The van der Waals surface area contributed by atoms with Gasteiger partial charge in [-0.1, -0.05) is 12.1 Å². The van der Waals surface area contributed by atoms with Gasteiger partial charge in [0, 0.05) is 12.6 Å². The standard InChI is InChI=1S/C12H14N2O/c1-9-7-12(14(2)13-9)10-5-4-6-11(8-10)15-3/h4-8H,1-3H3. The number of methoxy groups -OCH3 is 1. The lowest BCUT2D eigenvalue weighted by Crippen LogP contribution is -1.94. The van der Waals surface area contributed by atoms with Crippen molar-refractivity contribution in [2.24, 2.45) is 7.05 Å². The molecule has 0 aliphatic rings. The quantitative estimate of drug-likeness (QED) is 0.747. The van der Waals surface area contributed by atoms with Crippen molar-refractivity contribution in [1.82, 2.24) is 9.78 Å². The Morgan fingerprint density at radius 2 is 2.07 bits per heavy atom. The van der Waals surface area contributed by atoms with Crippen molar-refractivity contribution in [3.8, 4) is 17.0 Å². The SMILES string of the molecule is COc1cccc(-c2cc(C)nn2C)c1. The second kappa shape index (κ2) is 3.77. The van der Waals surface area contributed by atoms with Crippen LogP contribution in [0.1, 0.15) is 5.69 Å². The first kappa shape index (κ1) is 9.77. The van der Waals surface area contributed by atoms with Gasteiger partial charge in [-0.15, -0.1) is 0 Å². The molecule has 3 heteroatoms. The molecule has 0 aliphatic heterocycles. The zero-order valence-corrected chi connectivity index (χ0v) is 9.19. The molecule has 1 aromatic carbocycles. The van der Waals surface area contributed by atoms with Crippen LogP contribution in [-0.4, -0.2) is 16.9 Å². The molecule has 0 radical (unpaired) electrons.